The number of hydrogen-bond acceptors (Lipinski definition) is 4. The van der Waals surface area contributed by atoms with E-state index >= 15 is 0 Å². The van der Waals surface area contributed by atoms with Gasteiger partial charge in [-0.15, -0.1) is 17.0 Å². The zero-order chi connectivity index (χ0) is 13.0. The van der Waals surface area contributed by atoms with Gasteiger partial charge in [-0.3, -0.25) is 9.78 Å². The number of hydrogen-bond donors (Lipinski definition) is 0. The van der Waals surface area contributed by atoms with Crippen molar-refractivity contribution >= 4 is 33.9 Å². The second-order valence-electron chi connectivity index (χ2n) is 3.84. The molecule has 0 unspecified atom stereocenters. The molecule has 0 saturated carbocycles. The number of benzene rings is 1. The average Bonchev–Trinajstić information content (AvgIpc) is 2.38. The Morgan fingerprint density at radius 1 is 1.26 bits per heavy atom. The van der Waals surface area contributed by atoms with Crippen LogP contribution in [0.3, 0.4) is 0 Å². The van der Waals surface area contributed by atoms with Crippen LogP contribution in [-0.4, -0.2) is 24.7 Å². The molecule has 1 aromatic heterocycles. The fraction of sp³-hybridized carbons (Fsp3) is 0.286. The highest BCUT2D eigenvalue weighted by atomic mass is 79.9. The highest BCUT2D eigenvalue weighted by Gasteiger charge is 2.06. The monoisotopic (exact) mass is 325 g/mol. The first-order chi connectivity index (χ1) is 8.72. The van der Waals surface area contributed by atoms with Gasteiger partial charge in [-0.1, -0.05) is 6.07 Å². The molecule has 0 bridgehead atoms. The smallest absolute Gasteiger partial charge is 0.311 e. The quantitative estimate of drug-likeness (QED) is 0.811. The van der Waals surface area contributed by atoms with Gasteiger partial charge in [0.15, 0.2) is 0 Å². The predicted octanol–water partition coefficient (Wildman–Crippen LogP) is 2.93. The van der Waals surface area contributed by atoms with Gasteiger partial charge >= 0.3 is 5.97 Å². The molecule has 0 aliphatic carbocycles. The summed E-state index contributed by atoms with van der Waals surface area (Å²) in [6, 6.07) is 9.40. The highest BCUT2D eigenvalue weighted by Crippen LogP contribution is 2.19. The van der Waals surface area contributed by atoms with Crippen molar-refractivity contribution < 1.29 is 14.3 Å². The van der Waals surface area contributed by atoms with Crippen LogP contribution >= 0.6 is 17.0 Å². The number of esters is 1. The van der Waals surface area contributed by atoms with E-state index in [-0.39, 0.29) is 29.4 Å². The van der Waals surface area contributed by atoms with Gasteiger partial charge < -0.3 is 9.47 Å². The molecule has 0 atom stereocenters. The fourth-order valence-electron chi connectivity index (χ4n) is 1.73. The van der Waals surface area contributed by atoms with Gasteiger partial charge in [0.25, 0.3) is 0 Å². The number of methoxy groups -OCH3 is 1. The molecule has 4 nitrogen and oxygen atoms in total. The summed E-state index contributed by atoms with van der Waals surface area (Å²) in [5.74, 6) is 0.542. The number of nitrogens with zero attached hydrogens (tertiary/aromatic N) is 1. The number of halogens is 1. The van der Waals surface area contributed by atoms with Gasteiger partial charge in [0.05, 0.1) is 31.3 Å². The molecule has 0 saturated heterocycles. The molecule has 2 rings (SSSR count). The van der Waals surface area contributed by atoms with Crippen molar-refractivity contribution in [2.45, 2.75) is 13.3 Å². The number of pyridine rings is 1. The van der Waals surface area contributed by atoms with Gasteiger partial charge in [-0.25, -0.2) is 0 Å². The Morgan fingerprint density at radius 3 is 2.74 bits per heavy atom. The first-order valence-corrected chi connectivity index (χ1v) is 5.82. The van der Waals surface area contributed by atoms with E-state index in [4.69, 9.17) is 9.47 Å². The molecule has 1 aromatic carbocycles. The van der Waals surface area contributed by atoms with Crippen LogP contribution in [0.25, 0.3) is 10.9 Å². The standard InChI is InChI=1S/C14H15NO3.BrH/c1-3-18-14(16)9-11-5-4-10-8-12(17-2)6-7-13(10)15-11;/h4-8H,3,9H2,1-2H3;1H. The second-order valence-corrected chi connectivity index (χ2v) is 3.84. The Labute approximate surface area is 122 Å². The molecular formula is C14H16BrNO3. The molecule has 5 heteroatoms. The summed E-state index contributed by atoms with van der Waals surface area (Å²) < 4.78 is 10.0. The second kappa shape index (κ2) is 7.09. The third-order valence-corrected chi connectivity index (χ3v) is 2.58. The summed E-state index contributed by atoms with van der Waals surface area (Å²) in [6.07, 6.45) is 0.204. The minimum absolute atomic E-state index is 0. The predicted molar refractivity (Wildman–Crippen MR) is 79.0 cm³/mol. The van der Waals surface area contributed by atoms with E-state index in [0.717, 1.165) is 16.7 Å². The Bertz CT molecular complexity index is 572. The summed E-state index contributed by atoms with van der Waals surface area (Å²) in [7, 11) is 1.63. The maximum Gasteiger partial charge on any atom is 0.311 e. The molecule has 0 amide bonds. The lowest BCUT2D eigenvalue weighted by Crippen LogP contribution is -2.08. The number of carbonyl (C=O) groups is 1. The molecule has 0 N–H and O–H groups in total. The normalized spacial score (nSPS) is 9.79. The lowest BCUT2D eigenvalue weighted by Gasteiger charge is -2.05. The lowest BCUT2D eigenvalue weighted by atomic mass is 10.1. The van der Waals surface area contributed by atoms with E-state index in [0.29, 0.717) is 12.3 Å². The zero-order valence-corrected chi connectivity index (χ0v) is 12.6. The number of fused-ring (bicyclic) bond motifs is 1. The van der Waals surface area contributed by atoms with Gasteiger partial charge in [-0.2, -0.15) is 0 Å². The fourth-order valence-corrected chi connectivity index (χ4v) is 1.73. The van der Waals surface area contributed by atoms with Crippen LogP contribution in [0.5, 0.6) is 5.75 Å². The van der Waals surface area contributed by atoms with Crippen molar-refractivity contribution in [1.82, 2.24) is 4.98 Å². The molecule has 0 radical (unpaired) electrons. The first-order valence-electron chi connectivity index (χ1n) is 5.82. The summed E-state index contributed by atoms with van der Waals surface area (Å²) in [4.78, 5) is 15.8. The Kier molecular flexibility index (Phi) is 5.76. The molecule has 0 fully saturated rings. The van der Waals surface area contributed by atoms with Crippen molar-refractivity contribution in [2.24, 2.45) is 0 Å². The van der Waals surface area contributed by atoms with Crippen LogP contribution in [0.4, 0.5) is 0 Å². The molecule has 0 spiro atoms. The van der Waals surface area contributed by atoms with Crippen LogP contribution in [0.2, 0.25) is 0 Å². The first kappa shape index (κ1) is 15.4. The van der Waals surface area contributed by atoms with E-state index in [9.17, 15) is 4.79 Å². The molecule has 102 valence electrons. The van der Waals surface area contributed by atoms with E-state index in [1.165, 1.54) is 0 Å². The number of aromatic nitrogens is 1. The van der Waals surface area contributed by atoms with Crippen LogP contribution in [0.1, 0.15) is 12.6 Å². The van der Waals surface area contributed by atoms with E-state index in [1.807, 2.05) is 30.3 Å². The Balaban J connectivity index is 0.00000180. The van der Waals surface area contributed by atoms with Crippen molar-refractivity contribution in [3.8, 4) is 5.75 Å². The van der Waals surface area contributed by atoms with Crippen LogP contribution in [0, 0.1) is 0 Å². The van der Waals surface area contributed by atoms with Crippen molar-refractivity contribution in [2.75, 3.05) is 13.7 Å². The number of rotatable bonds is 4. The van der Waals surface area contributed by atoms with Crippen LogP contribution in [-0.2, 0) is 16.0 Å². The minimum atomic E-state index is -0.252. The zero-order valence-electron chi connectivity index (χ0n) is 10.9. The molecule has 0 aliphatic rings. The van der Waals surface area contributed by atoms with Crippen LogP contribution < -0.4 is 4.74 Å². The van der Waals surface area contributed by atoms with Gasteiger partial charge in [0.2, 0.25) is 0 Å². The van der Waals surface area contributed by atoms with E-state index in [2.05, 4.69) is 4.98 Å². The molecule has 2 aromatic rings. The Morgan fingerprint density at radius 2 is 2.05 bits per heavy atom. The largest absolute Gasteiger partial charge is 0.497 e. The summed E-state index contributed by atoms with van der Waals surface area (Å²) in [5.41, 5.74) is 1.56. The van der Waals surface area contributed by atoms with E-state index < -0.39 is 0 Å². The van der Waals surface area contributed by atoms with Crippen molar-refractivity contribution in [1.29, 1.82) is 0 Å². The van der Waals surface area contributed by atoms with E-state index in [1.54, 1.807) is 14.0 Å². The maximum atomic E-state index is 11.4. The topological polar surface area (TPSA) is 48.4 Å². The molecular weight excluding hydrogens is 310 g/mol. The maximum absolute atomic E-state index is 11.4. The van der Waals surface area contributed by atoms with Crippen molar-refractivity contribution in [3.63, 3.8) is 0 Å². The summed E-state index contributed by atoms with van der Waals surface area (Å²) in [6.45, 7) is 2.18. The summed E-state index contributed by atoms with van der Waals surface area (Å²) in [5, 5.41) is 0.988. The third kappa shape index (κ3) is 3.92. The van der Waals surface area contributed by atoms with Crippen molar-refractivity contribution in [3.05, 3.63) is 36.0 Å². The highest BCUT2D eigenvalue weighted by molar-refractivity contribution is 8.93. The average molecular weight is 326 g/mol. The molecule has 1 heterocycles. The van der Waals surface area contributed by atoms with Gasteiger partial charge in [-0.05, 0) is 31.2 Å². The molecule has 0 aliphatic heterocycles. The lowest BCUT2D eigenvalue weighted by molar-refractivity contribution is -0.142. The third-order valence-electron chi connectivity index (χ3n) is 2.58. The van der Waals surface area contributed by atoms with Gasteiger partial charge in [0.1, 0.15) is 5.75 Å². The Hall–Kier alpha value is -1.62. The minimum Gasteiger partial charge on any atom is -0.497 e. The molecule has 19 heavy (non-hydrogen) atoms. The number of ether oxygens (including phenoxy) is 2. The summed E-state index contributed by atoms with van der Waals surface area (Å²) >= 11 is 0. The SMILES string of the molecule is Br.CCOC(=O)Cc1ccc2cc(OC)ccc2n1. The van der Waals surface area contributed by atoms with Crippen LogP contribution in [0.15, 0.2) is 30.3 Å². The van der Waals surface area contributed by atoms with Gasteiger partial charge in [0, 0.05) is 5.39 Å². The number of carbonyl (C=O) groups excluding carboxylic acids is 1.